The van der Waals surface area contributed by atoms with Crippen molar-refractivity contribution in [2.45, 2.75) is 13.3 Å². The van der Waals surface area contributed by atoms with Gasteiger partial charge in [0.1, 0.15) is 5.82 Å². The molecular formula is C10H15ClN2O. The number of nitrogens with zero attached hydrogens (tertiary/aromatic N) is 1. The molecule has 0 atom stereocenters. The zero-order valence-electron chi connectivity index (χ0n) is 8.29. The van der Waals surface area contributed by atoms with Gasteiger partial charge in [0.15, 0.2) is 0 Å². The van der Waals surface area contributed by atoms with Crippen LogP contribution in [0.3, 0.4) is 0 Å². The van der Waals surface area contributed by atoms with Crippen LogP contribution in [-0.4, -0.2) is 24.7 Å². The highest BCUT2D eigenvalue weighted by Gasteiger charge is 1.92. The van der Waals surface area contributed by atoms with Gasteiger partial charge in [-0.2, -0.15) is 0 Å². The van der Waals surface area contributed by atoms with Crippen LogP contribution >= 0.6 is 11.6 Å². The number of rotatable bonds is 6. The van der Waals surface area contributed by atoms with E-state index in [1.165, 1.54) is 0 Å². The van der Waals surface area contributed by atoms with E-state index in [1.54, 1.807) is 6.20 Å². The maximum absolute atomic E-state index is 5.70. The van der Waals surface area contributed by atoms with Crippen molar-refractivity contribution in [3.05, 3.63) is 23.4 Å². The van der Waals surface area contributed by atoms with Crippen molar-refractivity contribution in [1.29, 1.82) is 0 Å². The van der Waals surface area contributed by atoms with E-state index in [2.05, 4.69) is 10.3 Å². The van der Waals surface area contributed by atoms with Gasteiger partial charge in [-0.1, -0.05) is 11.6 Å². The molecule has 78 valence electrons. The maximum Gasteiger partial charge on any atom is 0.125 e. The minimum atomic E-state index is 0.657. The van der Waals surface area contributed by atoms with E-state index >= 15 is 0 Å². The molecule has 0 aliphatic rings. The molecule has 0 fully saturated rings. The molecule has 0 saturated heterocycles. The van der Waals surface area contributed by atoms with Gasteiger partial charge in [-0.15, -0.1) is 0 Å². The lowest BCUT2D eigenvalue weighted by Gasteiger charge is -2.04. The van der Waals surface area contributed by atoms with Crippen molar-refractivity contribution in [3.8, 4) is 0 Å². The van der Waals surface area contributed by atoms with Crippen LogP contribution in [0.15, 0.2) is 18.3 Å². The molecule has 4 heteroatoms. The molecule has 0 bridgehead atoms. The molecule has 0 unspecified atom stereocenters. The molecule has 0 radical (unpaired) electrons. The van der Waals surface area contributed by atoms with Crippen LogP contribution < -0.4 is 5.32 Å². The van der Waals surface area contributed by atoms with Gasteiger partial charge in [0.25, 0.3) is 0 Å². The topological polar surface area (TPSA) is 34.1 Å². The lowest BCUT2D eigenvalue weighted by Crippen LogP contribution is -2.06. The highest BCUT2D eigenvalue weighted by atomic mass is 35.5. The molecule has 0 aliphatic heterocycles. The molecule has 1 heterocycles. The first-order valence-corrected chi connectivity index (χ1v) is 5.14. The molecule has 1 aromatic heterocycles. The Morgan fingerprint density at radius 1 is 1.50 bits per heavy atom. The largest absolute Gasteiger partial charge is 0.382 e. The van der Waals surface area contributed by atoms with E-state index < -0.39 is 0 Å². The quantitative estimate of drug-likeness (QED) is 0.740. The van der Waals surface area contributed by atoms with E-state index in [4.69, 9.17) is 16.3 Å². The third-order valence-electron chi connectivity index (χ3n) is 1.70. The molecule has 1 rings (SSSR count). The second-order valence-electron chi connectivity index (χ2n) is 2.84. The number of pyridine rings is 1. The van der Waals surface area contributed by atoms with E-state index in [0.29, 0.717) is 5.02 Å². The second kappa shape index (κ2) is 6.62. The lowest BCUT2D eigenvalue weighted by molar-refractivity contribution is 0.147. The van der Waals surface area contributed by atoms with E-state index in [9.17, 15) is 0 Å². The summed E-state index contributed by atoms with van der Waals surface area (Å²) in [4.78, 5) is 4.11. The molecule has 3 nitrogen and oxygen atoms in total. The molecule has 1 N–H and O–H groups in total. The number of hydrogen-bond donors (Lipinski definition) is 1. The fourth-order valence-corrected chi connectivity index (χ4v) is 1.13. The Hall–Kier alpha value is -0.800. The summed E-state index contributed by atoms with van der Waals surface area (Å²) < 4.78 is 5.21. The first-order valence-electron chi connectivity index (χ1n) is 4.76. The SMILES string of the molecule is CCOCCCNc1ccc(Cl)cn1. The van der Waals surface area contributed by atoms with E-state index in [1.807, 2.05) is 19.1 Å². The summed E-state index contributed by atoms with van der Waals surface area (Å²) in [5, 5.41) is 3.84. The zero-order valence-corrected chi connectivity index (χ0v) is 9.05. The summed E-state index contributed by atoms with van der Waals surface area (Å²) in [6.07, 6.45) is 2.62. The lowest BCUT2D eigenvalue weighted by atomic mass is 10.4. The maximum atomic E-state index is 5.70. The first kappa shape index (κ1) is 11.3. The van der Waals surface area contributed by atoms with Crippen molar-refractivity contribution < 1.29 is 4.74 Å². The summed E-state index contributed by atoms with van der Waals surface area (Å²) >= 11 is 5.70. The van der Waals surface area contributed by atoms with Gasteiger partial charge in [0.05, 0.1) is 5.02 Å². The van der Waals surface area contributed by atoms with Crippen LogP contribution in [0.25, 0.3) is 0 Å². The Balaban J connectivity index is 2.15. The fraction of sp³-hybridized carbons (Fsp3) is 0.500. The van der Waals surface area contributed by atoms with Crippen LogP contribution in [0.5, 0.6) is 0 Å². The first-order chi connectivity index (χ1) is 6.83. The molecule has 0 spiro atoms. The summed E-state index contributed by atoms with van der Waals surface area (Å²) in [6, 6.07) is 3.68. The predicted molar refractivity (Wildman–Crippen MR) is 58.8 cm³/mol. The van der Waals surface area contributed by atoms with Crippen molar-refractivity contribution >= 4 is 17.4 Å². The van der Waals surface area contributed by atoms with Gasteiger partial charge in [-0.25, -0.2) is 4.98 Å². The van der Waals surface area contributed by atoms with Crippen LogP contribution in [0.2, 0.25) is 5.02 Å². The fourth-order valence-electron chi connectivity index (χ4n) is 1.02. The van der Waals surface area contributed by atoms with Gasteiger partial charge in [0, 0.05) is 26.0 Å². The Labute approximate surface area is 89.4 Å². The molecule has 14 heavy (non-hydrogen) atoms. The Bertz CT molecular complexity index is 251. The van der Waals surface area contributed by atoms with Crippen molar-refractivity contribution in [1.82, 2.24) is 4.98 Å². The summed E-state index contributed by atoms with van der Waals surface area (Å²) in [6.45, 7) is 4.43. The van der Waals surface area contributed by atoms with Crippen molar-refractivity contribution in [2.24, 2.45) is 0 Å². The summed E-state index contributed by atoms with van der Waals surface area (Å²) in [7, 11) is 0. The van der Waals surface area contributed by atoms with Gasteiger partial charge < -0.3 is 10.1 Å². The highest BCUT2D eigenvalue weighted by Crippen LogP contribution is 2.09. The standard InChI is InChI=1S/C10H15ClN2O/c1-2-14-7-3-6-12-10-5-4-9(11)8-13-10/h4-5,8H,2-3,6-7H2,1H3,(H,12,13). The number of nitrogens with one attached hydrogen (secondary N) is 1. The molecule has 1 aromatic rings. The van der Waals surface area contributed by atoms with Gasteiger partial charge >= 0.3 is 0 Å². The van der Waals surface area contributed by atoms with Crippen LogP contribution in [0.4, 0.5) is 5.82 Å². The van der Waals surface area contributed by atoms with Crippen LogP contribution in [-0.2, 0) is 4.74 Å². The molecular weight excluding hydrogens is 200 g/mol. The minimum Gasteiger partial charge on any atom is -0.382 e. The van der Waals surface area contributed by atoms with Crippen molar-refractivity contribution in [2.75, 3.05) is 25.1 Å². The average molecular weight is 215 g/mol. The minimum absolute atomic E-state index is 0.657. The van der Waals surface area contributed by atoms with Gasteiger partial charge in [-0.05, 0) is 25.5 Å². The monoisotopic (exact) mass is 214 g/mol. The smallest absolute Gasteiger partial charge is 0.125 e. The predicted octanol–water partition coefficient (Wildman–Crippen LogP) is 2.57. The van der Waals surface area contributed by atoms with Gasteiger partial charge in [0.2, 0.25) is 0 Å². The number of hydrogen-bond acceptors (Lipinski definition) is 3. The molecule has 0 aliphatic carbocycles. The number of anilines is 1. The molecule has 0 amide bonds. The van der Waals surface area contributed by atoms with E-state index in [0.717, 1.165) is 32.0 Å². The zero-order chi connectivity index (χ0) is 10.2. The average Bonchev–Trinajstić information content (AvgIpc) is 2.21. The normalized spacial score (nSPS) is 10.1. The van der Waals surface area contributed by atoms with Gasteiger partial charge in [-0.3, -0.25) is 0 Å². The Morgan fingerprint density at radius 2 is 2.36 bits per heavy atom. The highest BCUT2D eigenvalue weighted by molar-refractivity contribution is 6.30. The number of ether oxygens (including phenoxy) is 1. The van der Waals surface area contributed by atoms with Crippen LogP contribution in [0, 0.1) is 0 Å². The third kappa shape index (κ3) is 4.44. The Morgan fingerprint density at radius 3 is 3.00 bits per heavy atom. The number of halogens is 1. The second-order valence-corrected chi connectivity index (χ2v) is 3.28. The van der Waals surface area contributed by atoms with E-state index in [-0.39, 0.29) is 0 Å². The van der Waals surface area contributed by atoms with Crippen LogP contribution in [0.1, 0.15) is 13.3 Å². The van der Waals surface area contributed by atoms with Crippen molar-refractivity contribution in [3.63, 3.8) is 0 Å². The Kier molecular flexibility index (Phi) is 5.33. The summed E-state index contributed by atoms with van der Waals surface area (Å²) in [5.41, 5.74) is 0. The summed E-state index contributed by atoms with van der Waals surface area (Å²) in [5.74, 6) is 0.853. The number of aromatic nitrogens is 1. The molecule has 0 saturated carbocycles. The third-order valence-corrected chi connectivity index (χ3v) is 1.93. The molecule has 0 aromatic carbocycles.